The van der Waals surface area contributed by atoms with E-state index in [9.17, 15) is 9.59 Å². The van der Waals surface area contributed by atoms with Gasteiger partial charge in [0, 0.05) is 43.7 Å². The number of esters is 1. The first kappa shape index (κ1) is 35.6. The third kappa shape index (κ3) is 8.23. The van der Waals surface area contributed by atoms with Crippen molar-refractivity contribution in [3.05, 3.63) is 69.8 Å². The molecule has 266 valence electrons. The summed E-state index contributed by atoms with van der Waals surface area (Å²) in [6.45, 7) is 14.8. The zero-order valence-corrected chi connectivity index (χ0v) is 31.0. The lowest BCUT2D eigenvalue weighted by molar-refractivity contribution is -0.0393. The van der Waals surface area contributed by atoms with Gasteiger partial charge in [-0.15, -0.1) is 0 Å². The molecule has 1 amide bonds. The molecule has 9 heteroatoms. The van der Waals surface area contributed by atoms with Crippen LogP contribution in [-0.2, 0) is 27.2 Å². The highest BCUT2D eigenvalue weighted by Gasteiger charge is 2.53. The van der Waals surface area contributed by atoms with Gasteiger partial charge in [0.05, 0.1) is 24.0 Å². The predicted molar refractivity (Wildman–Crippen MR) is 192 cm³/mol. The van der Waals surface area contributed by atoms with Crippen LogP contribution in [0.5, 0.6) is 5.75 Å². The first-order chi connectivity index (χ1) is 23.1. The molecule has 0 unspecified atom stereocenters. The average molecular weight is 693 g/mol. The Hall–Kier alpha value is -3.23. The zero-order valence-electron chi connectivity index (χ0n) is 30.3. The van der Waals surface area contributed by atoms with Crippen molar-refractivity contribution in [3.63, 3.8) is 0 Å². The van der Waals surface area contributed by atoms with Crippen LogP contribution < -0.4 is 9.64 Å². The summed E-state index contributed by atoms with van der Waals surface area (Å²) in [7, 11) is 1.82. The standard InChI is InChI=1S/C40H53ClN2O6/c1-38(2,3)48-36(44)27-13-16-34-33(19-27)42(22-28-11-14-31(41)18-26(28)10-8-9-17-47-34)23-29-12-15-32(29)35(46-7)30-20-40(21-30)24-43(25-40)37(45)49-39(4,5)6/h11,13-14,16,18-20,29,32,35H,8-10,12,15,17,21-25H2,1-7H3/t29-,32+,35-/m0/s1. The molecule has 49 heavy (non-hydrogen) atoms. The maximum Gasteiger partial charge on any atom is 0.410 e. The number of methoxy groups -OCH3 is 1. The number of nitrogens with zero attached hydrogens (tertiary/aromatic N) is 2. The average Bonchev–Trinajstić information content (AvgIpc) is 2.98. The molecule has 6 rings (SSSR count). The van der Waals surface area contributed by atoms with E-state index in [1.165, 1.54) is 16.7 Å². The van der Waals surface area contributed by atoms with Crippen LogP contribution in [-0.4, -0.2) is 67.6 Å². The minimum Gasteiger partial charge on any atom is -0.491 e. The molecule has 0 radical (unpaired) electrons. The fourth-order valence-corrected chi connectivity index (χ4v) is 8.01. The van der Waals surface area contributed by atoms with Crippen LogP contribution in [0.25, 0.3) is 0 Å². The Morgan fingerprint density at radius 2 is 1.71 bits per heavy atom. The van der Waals surface area contributed by atoms with E-state index in [4.69, 9.17) is 30.5 Å². The molecule has 1 spiro atoms. The van der Waals surface area contributed by atoms with Crippen molar-refractivity contribution in [1.82, 2.24) is 4.90 Å². The van der Waals surface area contributed by atoms with Gasteiger partial charge in [-0.1, -0.05) is 23.7 Å². The Morgan fingerprint density at radius 3 is 2.37 bits per heavy atom. The Kier molecular flexibility index (Phi) is 10.0. The van der Waals surface area contributed by atoms with E-state index in [-0.39, 0.29) is 23.6 Å². The van der Waals surface area contributed by atoms with E-state index in [1.807, 2.05) is 72.9 Å². The molecule has 8 nitrogen and oxygen atoms in total. The first-order valence-corrected chi connectivity index (χ1v) is 18.2. The van der Waals surface area contributed by atoms with Gasteiger partial charge in [0.1, 0.15) is 17.0 Å². The largest absolute Gasteiger partial charge is 0.491 e. The third-order valence-corrected chi connectivity index (χ3v) is 10.4. The molecular formula is C40H53ClN2O6. The number of aryl methyl sites for hydroxylation is 1. The van der Waals surface area contributed by atoms with E-state index in [1.54, 1.807) is 4.90 Å². The Balaban J connectivity index is 1.24. The number of benzene rings is 2. The number of carbonyl (C=O) groups excluding carboxylic acids is 2. The minimum absolute atomic E-state index is 0.0406. The van der Waals surface area contributed by atoms with Crippen molar-refractivity contribution >= 4 is 29.4 Å². The summed E-state index contributed by atoms with van der Waals surface area (Å²) in [5.74, 6) is 1.20. The maximum absolute atomic E-state index is 13.3. The van der Waals surface area contributed by atoms with Crippen LogP contribution in [0.15, 0.2) is 48.0 Å². The number of hydrogen-bond donors (Lipinski definition) is 0. The molecule has 0 bridgehead atoms. The zero-order chi connectivity index (χ0) is 35.1. The van der Waals surface area contributed by atoms with Crippen molar-refractivity contribution in [2.75, 3.05) is 38.3 Å². The molecular weight excluding hydrogens is 640 g/mol. The van der Waals surface area contributed by atoms with Crippen molar-refractivity contribution < 1.29 is 28.5 Å². The number of likely N-dealkylation sites (tertiary alicyclic amines) is 1. The topological polar surface area (TPSA) is 77.5 Å². The van der Waals surface area contributed by atoms with Crippen molar-refractivity contribution in [3.8, 4) is 5.75 Å². The highest BCUT2D eigenvalue weighted by molar-refractivity contribution is 6.30. The van der Waals surface area contributed by atoms with Crippen LogP contribution in [0.2, 0.25) is 5.02 Å². The highest BCUT2D eigenvalue weighted by atomic mass is 35.5. The second-order valence-electron chi connectivity index (χ2n) is 16.5. The van der Waals surface area contributed by atoms with Gasteiger partial charge in [0.2, 0.25) is 0 Å². The molecule has 2 fully saturated rings. The van der Waals surface area contributed by atoms with Gasteiger partial charge < -0.3 is 28.7 Å². The maximum atomic E-state index is 13.3. The van der Waals surface area contributed by atoms with Crippen molar-refractivity contribution in [2.45, 2.75) is 104 Å². The number of fused-ring (bicyclic) bond motifs is 2. The van der Waals surface area contributed by atoms with E-state index in [2.05, 4.69) is 23.1 Å². The lowest BCUT2D eigenvalue weighted by Crippen LogP contribution is -2.62. The molecule has 1 saturated carbocycles. The SMILES string of the molecule is CO[C@@H](C1=CC2(C1)CN(C(=O)OC(C)(C)C)C2)[C@@H]1CC[C@H]1CN1Cc2ccc(Cl)cc2CCCCOc2ccc(C(=O)OC(C)(C)C)cc21. The quantitative estimate of drug-likeness (QED) is 0.222. The number of ether oxygens (including phenoxy) is 4. The van der Waals surface area contributed by atoms with E-state index < -0.39 is 11.2 Å². The van der Waals surface area contributed by atoms with E-state index >= 15 is 0 Å². The second-order valence-corrected chi connectivity index (χ2v) is 17.0. The predicted octanol–water partition coefficient (Wildman–Crippen LogP) is 8.63. The lowest BCUT2D eigenvalue weighted by atomic mass is 9.60. The van der Waals surface area contributed by atoms with Gasteiger partial charge in [-0.2, -0.15) is 0 Å². The molecule has 0 aromatic heterocycles. The fraction of sp³-hybridized carbons (Fsp3) is 0.600. The number of hydrogen-bond acceptors (Lipinski definition) is 7. The Labute approximate surface area is 297 Å². The van der Waals surface area contributed by atoms with Crippen LogP contribution in [0.4, 0.5) is 10.5 Å². The molecule has 3 atom stereocenters. The van der Waals surface area contributed by atoms with Crippen LogP contribution >= 0.6 is 11.6 Å². The van der Waals surface area contributed by atoms with Gasteiger partial charge in [-0.3, -0.25) is 0 Å². The lowest BCUT2D eigenvalue weighted by Gasteiger charge is -2.56. The summed E-state index contributed by atoms with van der Waals surface area (Å²) in [6.07, 6.45) is 8.17. The molecule has 2 aromatic carbocycles. The van der Waals surface area contributed by atoms with E-state index in [0.717, 1.165) is 61.5 Å². The molecule has 4 aliphatic rings. The van der Waals surface area contributed by atoms with E-state index in [0.29, 0.717) is 43.6 Å². The van der Waals surface area contributed by atoms with Gasteiger partial charge in [-0.05, 0) is 139 Å². The van der Waals surface area contributed by atoms with Crippen molar-refractivity contribution in [1.29, 1.82) is 0 Å². The third-order valence-electron chi connectivity index (χ3n) is 10.2. The second kappa shape index (κ2) is 13.8. The van der Waals surface area contributed by atoms with Gasteiger partial charge in [0.15, 0.2) is 0 Å². The smallest absolute Gasteiger partial charge is 0.410 e. The fourth-order valence-electron chi connectivity index (χ4n) is 7.82. The number of halogens is 1. The molecule has 2 aliphatic heterocycles. The van der Waals surface area contributed by atoms with Crippen LogP contribution in [0, 0.1) is 17.3 Å². The summed E-state index contributed by atoms with van der Waals surface area (Å²) in [5.41, 5.74) is 4.21. The number of rotatable bonds is 6. The normalized spacial score (nSPS) is 22.5. The van der Waals surface area contributed by atoms with Gasteiger partial charge in [0.25, 0.3) is 0 Å². The summed E-state index contributed by atoms with van der Waals surface area (Å²) in [5, 5.41) is 0.748. The van der Waals surface area contributed by atoms with Crippen molar-refractivity contribution in [2.24, 2.45) is 17.3 Å². The minimum atomic E-state index is -0.598. The summed E-state index contributed by atoms with van der Waals surface area (Å²) < 4.78 is 24.0. The molecule has 2 aliphatic carbocycles. The first-order valence-electron chi connectivity index (χ1n) is 17.9. The number of carbonyl (C=O) groups is 2. The molecule has 0 N–H and O–H groups in total. The summed E-state index contributed by atoms with van der Waals surface area (Å²) in [6, 6.07) is 11.9. The monoisotopic (exact) mass is 692 g/mol. The highest BCUT2D eigenvalue weighted by Crippen LogP contribution is 2.52. The van der Waals surface area contributed by atoms with Gasteiger partial charge in [-0.25, -0.2) is 9.59 Å². The Morgan fingerprint density at radius 1 is 0.980 bits per heavy atom. The van der Waals surface area contributed by atoms with Crippen LogP contribution in [0.3, 0.4) is 0 Å². The van der Waals surface area contributed by atoms with Crippen LogP contribution in [0.1, 0.15) is 95.1 Å². The van der Waals surface area contributed by atoms with Gasteiger partial charge >= 0.3 is 12.1 Å². The Bertz CT molecular complexity index is 1580. The molecule has 1 saturated heterocycles. The number of anilines is 1. The number of amides is 1. The molecule has 2 heterocycles. The summed E-state index contributed by atoms with van der Waals surface area (Å²) in [4.78, 5) is 30.0. The molecule has 2 aromatic rings. The summed E-state index contributed by atoms with van der Waals surface area (Å²) >= 11 is 6.49.